The predicted octanol–water partition coefficient (Wildman–Crippen LogP) is 11.2. The van der Waals surface area contributed by atoms with Gasteiger partial charge in [0.1, 0.15) is 0 Å². The summed E-state index contributed by atoms with van der Waals surface area (Å²) in [7, 11) is 0. The topological polar surface area (TPSA) is 6.02 Å². The minimum atomic E-state index is 1.12. The summed E-state index contributed by atoms with van der Waals surface area (Å²) in [5.41, 5.74) is 6.77. The van der Waals surface area contributed by atoms with Crippen molar-refractivity contribution >= 4 is 34.2 Å². The van der Waals surface area contributed by atoms with E-state index in [0.717, 1.165) is 34.2 Å². The smallest absolute Gasteiger partial charge is 0.154 e. The maximum atomic E-state index is 2.28. The van der Waals surface area contributed by atoms with E-state index in [0.29, 0.717) is 0 Å². The molecular weight excluding hydrogens is 484 g/mol. The molecule has 2 nitrogen and oxygen atoms in total. The van der Waals surface area contributed by atoms with Gasteiger partial charge in [-0.2, -0.15) is 9.15 Å². The molecular formula is C38H48N2+2. The third kappa shape index (κ3) is 9.47. The van der Waals surface area contributed by atoms with Crippen LogP contribution in [0, 0.1) is 0 Å². The molecule has 208 valence electrons. The van der Waals surface area contributed by atoms with Crippen molar-refractivity contribution in [2.75, 3.05) is 0 Å². The van der Waals surface area contributed by atoms with E-state index in [-0.39, 0.29) is 0 Å². The highest BCUT2D eigenvalue weighted by Crippen LogP contribution is 2.24. The van der Waals surface area contributed by atoms with Crippen molar-refractivity contribution in [2.24, 2.45) is 0 Å². The largest absolute Gasteiger partial charge is 0.212 e. The molecule has 0 aromatic heterocycles. The molecule has 0 saturated heterocycles. The van der Waals surface area contributed by atoms with Crippen molar-refractivity contribution in [1.29, 1.82) is 0 Å². The molecule has 0 radical (unpaired) electrons. The lowest BCUT2D eigenvalue weighted by molar-refractivity contribution is 1.08. The maximum Gasteiger partial charge on any atom is 0.212 e. The Labute approximate surface area is 244 Å². The lowest BCUT2D eigenvalue weighted by atomic mass is 10.1. The zero-order chi connectivity index (χ0) is 29.6. The summed E-state index contributed by atoms with van der Waals surface area (Å²) in [5.74, 6) is 0. The summed E-state index contributed by atoms with van der Waals surface area (Å²) in [6.07, 6.45) is 8.75. The van der Waals surface area contributed by atoms with E-state index in [1.54, 1.807) is 0 Å². The van der Waals surface area contributed by atoms with Crippen LogP contribution in [0.1, 0.15) is 55.4 Å². The molecule has 0 atom stereocenters. The number of benzene rings is 4. The molecule has 4 aromatic rings. The molecule has 0 aliphatic heterocycles. The zero-order valence-electron chi connectivity index (χ0n) is 25.8. The highest BCUT2D eigenvalue weighted by molar-refractivity contribution is 6.20. The Kier molecular flexibility index (Phi) is 17.4. The van der Waals surface area contributed by atoms with Gasteiger partial charge in [-0.15, -0.1) is 0 Å². The van der Waals surface area contributed by atoms with Crippen LogP contribution < -0.4 is 9.15 Å². The van der Waals surface area contributed by atoms with Gasteiger partial charge in [-0.05, 0) is 0 Å². The highest BCUT2D eigenvalue weighted by Gasteiger charge is 2.23. The van der Waals surface area contributed by atoms with Crippen LogP contribution in [0.2, 0.25) is 0 Å². The van der Waals surface area contributed by atoms with Crippen LogP contribution in [-0.4, -0.2) is 11.4 Å². The first kappa shape index (κ1) is 33.7. The van der Waals surface area contributed by atoms with Gasteiger partial charge < -0.3 is 0 Å². The van der Waals surface area contributed by atoms with Gasteiger partial charge >= 0.3 is 0 Å². The van der Waals surface area contributed by atoms with Gasteiger partial charge in [0.2, 0.25) is 34.2 Å². The molecule has 4 aromatic carbocycles. The van der Waals surface area contributed by atoms with Gasteiger partial charge in [0.15, 0.2) is 0 Å². The second-order valence-electron chi connectivity index (χ2n) is 7.53. The first-order valence-corrected chi connectivity index (χ1v) is 14.8. The van der Waals surface area contributed by atoms with Crippen molar-refractivity contribution in [3.05, 3.63) is 146 Å². The molecule has 0 saturated carbocycles. The fourth-order valence-electron chi connectivity index (χ4n) is 3.95. The average molecular weight is 533 g/mol. The van der Waals surface area contributed by atoms with Gasteiger partial charge in [-0.3, -0.25) is 0 Å². The molecule has 5 rings (SSSR count). The van der Waals surface area contributed by atoms with Crippen molar-refractivity contribution in [3.63, 3.8) is 0 Å². The lowest BCUT2D eigenvalue weighted by Crippen LogP contribution is -2.20. The quantitative estimate of drug-likeness (QED) is 0.182. The van der Waals surface area contributed by atoms with E-state index in [1.165, 1.54) is 0 Å². The van der Waals surface area contributed by atoms with E-state index in [2.05, 4.69) is 131 Å². The van der Waals surface area contributed by atoms with Gasteiger partial charge in [0, 0.05) is 72.8 Å². The fourth-order valence-corrected chi connectivity index (χ4v) is 3.95. The molecule has 0 amide bonds. The van der Waals surface area contributed by atoms with E-state index in [9.17, 15) is 0 Å². The van der Waals surface area contributed by atoms with Crippen LogP contribution in [-0.2, 0) is 0 Å². The van der Waals surface area contributed by atoms with Crippen molar-refractivity contribution in [1.82, 2.24) is 9.15 Å². The standard InChI is InChI=1S/C30H24N2.4C2H6/c1-5-13-25(14-6-1)31(26-15-7-2-8-16-26)29-21-23-30(24-22-29)32(27-17-9-3-10-18-27)28-19-11-4-12-20-28;4*1-2/h1-24H;4*1-2H3/q+2;;;;. The highest BCUT2D eigenvalue weighted by atomic mass is 15.0. The van der Waals surface area contributed by atoms with E-state index < -0.39 is 0 Å². The molecule has 0 heterocycles. The molecule has 0 N–H and O–H groups in total. The van der Waals surface area contributed by atoms with Crippen LogP contribution in [0.3, 0.4) is 0 Å². The van der Waals surface area contributed by atoms with Crippen LogP contribution >= 0.6 is 0 Å². The second-order valence-corrected chi connectivity index (χ2v) is 7.53. The average Bonchev–Trinajstić information content (AvgIpc) is 3.08. The van der Waals surface area contributed by atoms with Crippen molar-refractivity contribution < 1.29 is 0 Å². The number of hydrogen-bond donors (Lipinski definition) is 0. The summed E-state index contributed by atoms with van der Waals surface area (Å²) < 4.78 is 4.55. The molecule has 2 heteroatoms. The minimum Gasteiger partial charge on any atom is -0.154 e. The molecule has 40 heavy (non-hydrogen) atoms. The zero-order valence-corrected chi connectivity index (χ0v) is 25.8. The third-order valence-electron chi connectivity index (χ3n) is 5.42. The molecule has 1 aliphatic carbocycles. The van der Waals surface area contributed by atoms with Crippen LogP contribution in [0.5, 0.6) is 0 Å². The Morgan fingerprint density at radius 1 is 0.275 bits per heavy atom. The van der Waals surface area contributed by atoms with Gasteiger partial charge in [0.05, 0.1) is 0 Å². The normalized spacial score (nSPS) is 10.7. The predicted molar refractivity (Wildman–Crippen MR) is 182 cm³/mol. The summed E-state index contributed by atoms with van der Waals surface area (Å²) in [6.45, 7) is 16.0. The molecule has 0 spiro atoms. The molecule has 0 fully saturated rings. The Morgan fingerprint density at radius 3 is 0.625 bits per heavy atom. The maximum absolute atomic E-state index is 2.28. The molecule has 0 bridgehead atoms. The Morgan fingerprint density at radius 2 is 0.450 bits per heavy atom. The Hall–Kier alpha value is -4.30. The van der Waals surface area contributed by atoms with Gasteiger partial charge in [0.25, 0.3) is 0 Å². The van der Waals surface area contributed by atoms with Gasteiger partial charge in [-0.25, -0.2) is 0 Å². The van der Waals surface area contributed by atoms with Crippen LogP contribution in [0.4, 0.5) is 22.7 Å². The monoisotopic (exact) mass is 532 g/mol. The summed E-state index contributed by atoms with van der Waals surface area (Å²) in [5, 5.41) is 0. The summed E-state index contributed by atoms with van der Waals surface area (Å²) in [6, 6.07) is 41.9. The fraction of sp³-hybridized carbons (Fsp3) is 0.211. The van der Waals surface area contributed by atoms with Gasteiger partial charge in [-0.1, -0.05) is 128 Å². The first-order valence-electron chi connectivity index (χ1n) is 14.8. The molecule has 0 unspecified atom stereocenters. The minimum absolute atomic E-state index is 1.12. The summed E-state index contributed by atoms with van der Waals surface area (Å²) in [4.78, 5) is 0. The summed E-state index contributed by atoms with van der Waals surface area (Å²) >= 11 is 0. The number of para-hydroxylation sites is 4. The van der Waals surface area contributed by atoms with Crippen LogP contribution in [0.15, 0.2) is 146 Å². The Balaban J connectivity index is 0.000000921. The first-order chi connectivity index (χ1) is 19.9. The van der Waals surface area contributed by atoms with Crippen LogP contribution in [0.25, 0.3) is 0 Å². The van der Waals surface area contributed by atoms with Crippen molar-refractivity contribution in [3.8, 4) is 0 Å². The third-order valence-corrected chi connectivity index (χ3v) is 5.42. The number of hydrogen-bond acceptors (Lipinski definition) is 0. The number of allylic oxidation sites excluding steroid dienone is 4. The van der Waals surface area contributed by atoms with E-state index in [1.807, 2.05) is 79.7 Å². The van der Waals surface area contributed by atoms with E-state index >= 15 is 0 Å². The lowest BCUT2D eigenvalue weighted by Gasteiger charge is -2.09. The number of nitrogens with zero attached hydrogens (tertiary/aromatic N) is 2. The SMILES string of the molecule is C1=CC(=[N+](c2ccccc2)c2ccccc2)C=CC1=[N+](c1ccccc1)c1ccccc1.CC.CC.CC.CC. The van der Waals surface area contributed by atoms with Crippen molar-refractivity contribution in [2.45, 2.75) is 55.4 Å². The molecule has 1 aliphatic rings. The van der Waals surface area contributed by atoms with E-state index in [4.69, 9.17) is 0 Å². The Bertz CT molecular complexity index is 1110. The second kappa shape index (κ2) is 20.6. The number of rotatable bonds is 4.